The number of aromatic nitrogens is 2. The van der Waals surface area contributed by atoms with Gasteiger partial charge in [0.25, 0.3) is 0 Å². The molecule has 0 aliphatic rings. The van der Waals surface area contributed by atoms with Crippen molar-refractivity contribution >= 4 is 5.97 Å². The molecule has 0 spiro atoms. The van der Waals surface area contributed by atoms with Crippen molar-refractivity contribution in [3.63, 3.8) is 0 Å². The van der Waals surface area contributed by atoms with Gasteiger partial charge in [-0.05, 0) is 30.3 Å². The third-order valence-electron chi connectivity index (χ3n) is 1.97. The molecule has 2 aromatic rings. The second kappa shape index (κ2) is 4.48. The van der Waals surface area contributed by atoms with Gasteiger partial charge in [0.1, 0.15) is 5.75 Å². The third kappa shape index (κ3) is 2.38. The van der Waals surface area contributed by atoms with Crippen molar-refractivity contribution in [3.8, 4) is 11.4 Å². The highest BCUT2D eigenvalue weighted by Gasteiger charge is 2.00. The van der Waals surface area contributed by atoms with Gasteiger partial charge in [-0.2, -0.15) is 5.10 Å². The van der Waals surface area contributed by atoms with Crippen LogP contribution in [0.5, 0.6) is 5.75 Å². The number of carbonyl (C=O) groups is 1. The molecule has 0 radical (unpaired) electrons. The lowest BCUT2D eigenvalue weighted by atomic mass is 10.3. The van der Waals surface area contributed by atoms with Crippen molar-refractivity contribution in [2.75, 3.05) is 6.61 Å². The minimum absolute atomic E-state index is 0.332. The molecular formula is C11H10N2O3. The smallest absolute Gasteiger partial charge is 0.341 e. The molecule has 0 fully saturated rings. The van der Waals surface area contributed by atoms with E-state index in [0.29, 0.717) is 5.75 Å². The van der Waals surface area contributed by atoms with Crippen molar-refractivity contribution < 1.29 is 14.6 Å². The normalized spacial score (nSPS) is 10.0. The molecule has 2 rings (SSSR count). The zero-order valence-corrected chi connectivity index (χ0v) is 8.41. The Kier molecular flexibility index (Phi) is 2.86. The van der Waals surface area contributed by atoms with Crippen LogP contribution in [0.25, 0.3) is 5.69 Å². The summed E-state index contributed by atoms with van der Waals surface area (Å²) >= 11 is 0. The maximum atomic E-state index is 10.3. The summed E-state index contributed by atoms with van der Waals surface area (Å²) in [7, 11) is 0. The van der Waals surface area contributed by atoms with Gasteiger partial charge in [-0.1, -0.05) is 0 Å². The van der Waals surface area contributed by atoms with Crippen LogP contribution in [0, 0.1) is 0 Å². The van der Waals surface area contributed by atoms with Crippen LogP contribution < -0.4 is 4.74 Å². The Labute approximate surface area is 91.9 Å². The van der Waals surface area contributed by atoms with Crippen LogP contribution in [-0.2, 0) is 4.79 Å². The molecule has 82 valence electrons. The van der Waals surface area contributed by atoms with Gasteiger partial charge >= 0.3 is 5.97 Å². The average Bonchev–Trinajstić information content (AvgIpc) is 2.80. The molecule has 0 bridgehead atoms. The summed E-state index contributed by atoms with van der Waals surface area (Å²) in [4.78, 5) is 10.3. The Morgan fingerprint density at radius 3 is 2.69 bits per heavy atom. The van der Waals surface area contributed by atoms with Gasteiger partial charge in [0, 0.05) is 12.4 Å². The molecule has 5 nitrogen and oxygen atoms in total. The first-order chi connectivity index (χ1) is 7.75. The highest BCUT2D eigenvalue weighted by atomic mass is 16.5. The first-order valence-electron chi connectivity index (χ1n) is 4.70. The fourth-order valence-electron chi connectivity index (χ4n) is 1.26. The highest BCUT2D eigenvalue weighted by molar-refractivity contribution is 5.68. The fourth-order valence-corrected chi connectivity index (χ4v) is 1.26. The molecule has 0 aliphatic carbocycles. The van der Waals surface area contributed by atoms with Crippen LogP contribution >= 0.6 is 0 Å². The summed E-state index contributed by atoms with van der Waals surface area (Å²) in [6.07, 6.45) is 3.52. The Bertz CT molecular complexity index is 462. The maximum Gasteiger partial charge on any atom is 0.341 e. The Balaban J connectivity index is 2.08. The summed E-state index contributed by atoms with van der Waals surface area (Å²) in [5.74, 6) is -0.463. The van der Waals surface area contributed by atoms with Crippen LogP contribution in [-0.4, -0.2) is 27.5 Å². The number of hydrogen-bond donors (Lipinski definition) is 1. The third-order valence-corrected chi connectivity index (χ3v) is 1.97. The number of carboxylic acid groups (broad SMARTS) is 1. The molecular weight excluding hydrogens is 208 g/mol. The van der Waals surface area contributed by atoms with Gasteiger partial charge in [0.2, 0.25) is 0 Å². The Morgan fingerprint density at radius 2 is 2.12 bits per heavy atom. The Morgan fingerprint density at radius 1 is 1.38 bits per heavy atom. The zero-order valence-electron chi connectivity index (χ0n) is 8.41. The summed E-state index contributed by atoms with van der Waals surface area (Å²) in [6.45, 7) is -0.332. The van der Waals surface area contributed by atoms with E-state index in [1.165, 1.54) is 0 Å². The summed E-state index contributed by atoms with van der Waals surface area (Å²) in [6, 6.07) is 8.86. The lowest BCUT2D eigenvalue weighted by Gasteiger charge is -2.04. The van der Waals surface area contributed by atoms with Gasteiger partial charge in [-0.25, -0.2) is 9.48 Å². The predicted octanol–water partition coefficient (Wildman–Crippen LogP) is 1.34. The van der Waals surface area contributed by atoms with Crippen LogP contribution in [0.15, 0.2) is 42.7 Å². The average molecular weight is 218 g/mol. The standard InChI is InChI=1S/C11H10N2O3/c14-11(15)8-16-10-4-2-9(3-5-10)13-7-1-6-12-13/h1-7H,8H2,(H,14,15). The number of nitrogens with zero attached hydrogens (tertiary/aromatic N) is 2. The van der Waals surface area contributed by atoms with Crippen LogP contribution in [0.2, 0.25) is 0 Å². The quantitative estimate of drug-likeness (QED) is 0.840. The van der Waals surface area contributed by atoms with Gasteiger partial charge < -0.3 is 9.84 Å². The minimum Gasteiger partial charge on any atom is -0.482 e. The predicted molar refractivity (Wildman–Crippen MR) is 56.7 cm³/mol. The first-order valence-corrected chi connectivity index (χ1v) is 4.70. The second-order valence-electron chi connectivity index (χ2n) is 3.13. The first kappa shape index (κ1) is 10.2. The summed E-state index contributed by atoms with van der Waals surface area (Å²) < 4.78 is 6.72. The van der Waals surface area contributed by atoms with E-state index in [9.17, 15) is 4.79 Å². The largest absolute Gasteiger partial charge is 0.482 e. The van der Waals surface area contributed by atoms with Crippen molar-refractivity contribution in [2.24, 2.45) is 0 Å². The van der Waals surface area contributed by atoms with Crippen molar-refractivity contribution in [2.45, 2.75) is 0 Å². The van der Waals surface area contributed by atoms with E-state index in [-0.39, 0.29) is 6.61 Å². The van der Waals surface area contributed by atoms with Gasteiger partial charge in [0.05, 0.1) is 5.69 Å². The van der Waals surface area contributed by atoms with Crippen LogP contribution in [0.4, 0.5) is 0 Å². The molecule has 0 aliphatic heterocycles. The molecule has 0 amide bonds. The van der Waals surface area contributed by atoms with Crippen molar-refractivity contribution in [3.05, 3.63) is 42.7 Å². The van der Waals surface area contributed by atoms with E-state index >= 15 is 0 Å². The van der Waals surface area contributed by atoms with Gasteiger partial charge in [0.15, 0.2) is 6.61 Å². The maximum absolute atomic E-state index is 10.3. The Hall–Kier alpha value is -2.30. The van der Waals surface area contributed by atoms with E-state index in [1.807, 2.05) is 24.4 Å². The minimum atomic E-state index is -0.990. The molecule has 0 atom stereocenters. The van der Waals surface area contributed by atoms with E-state index in [1.54, 1.807) is 23.0 Å². The van der Waals surface area contributed by atoms with Gasteiger partial charge in [-0.15, -0.1) is 0 Å². The topological polar surface area (TPSA) is 64.3 Å². The second-order valence-corrected chi connectivity index (χ2v) is 3.13. The molecule has 0 saturated carbocycles. The van der Waals surface area contributed by atoms with E-state index < -0.39 is 5.97 Å². The zero-order chi connectivity index (χ0) is 11.4. The van der Waals surface area contributed by atoms with Crippen LogP contribution in [0.3, 0.4) is 0 Å². The molecule has 1 heterocycles. The van der Waals surface area contributed by atoms with Gasteiger partial charge in [-0.3, -0.25) is 0 Å². The number of aliphatic carboxylic acids is 1. The van der Waals surface area contributed by atoms with E-state index in [4.69, 9.17) is 9.84 Å². The highest BCUT2D eigenvalue weighted by Crippen LogP contribution is 2.14. The lowest BCUT2D eigenvalue weighted by Crippen LogP contribution is -2.09. The molecule has 0 saturated heterocycles. The van der Waals surface area contributed by atoms with Crippen LogP contribution in [0.1, 0.15) is 0 Å². The number of rotatable bonds is 4. The molecule has 1 N–H and O–H groups in total. The molecule has 1 aromatic heterocycles. The fraction of sp³-hybridized carbons (Fsp3) is 0.0909. The number of ether oxygens (including phenoxy) is 1. The number of benzene rings is 1. The van der Waals surface area contributed by atoms with Crippen molar-refractivity contribution in [1.29, 1.82) is 0 Å². The monoisotopic (exact) mass is 218 g/mol. The molecule has 0 unspecified atom stereocenters. The lowest BCUT2D eigenvalue weighted by molar-refractivity contribution is -0.139. The molecule has 16 heavy (non-hydrogen) atoms. The number of hydrogen-bond acceptors (Lipinski definition) is 3. The summed E-state index contributed by atoms with van der Waals surface area (Å²) in [5, 5.41) is 12.5. The summed E-state index contributed by atoms with van der Waals surface area (Å²) in [5.41, 5.74) is 0.896. The van der Waals surface area contributed by atoms with E-state index in [0.717, 1.165) is 5.69 Å². The SMILES string of the molecule is O=C(O)COc1ccc(-n2cccn2)cc1. The molecule has 5 heteroatoms. The number of carboxylic acids is 1. The van der Waals surface area contributed by atoms with E-state index in [2.05, 4.69) is 5.10 Å². The molecule has 1 aromatic carbocycles. The van der Waals surface area contributed by atoms with Crippen molar-refractivity contribution in [1.82, 2.24) is 9.78 Å².